The summed E-state index contributed by atoms with van der Waals surface area (Å²) < 4.78 is 0. The van der Waals surface area contributed by atoms with Crippen molar-refractivity contribution in [2.24, 2.45) is 0 Å². The third kappa shape index (κ3) is 2.74. The van der Waals surface area contributed by atoms with Crippen LogP contribution in [0.2, 0.25) is 0 Å². The van der Waals surface area contributed by atoms with Gasteiger partial charge in [0.1, 0.15) is 0 Å². The summed E-state index contributed by atoms with van der Waals surface area (Å²) in [6, 6.07) is 27.2. The molecule has 0 spiro atoms. The van der Waals surface area contributed by atoms with Gasteiger partial charge in [-0.2, -0.15) is 0 Å². The van der Waals surface area contributed by atoms with E-state index in [0.717, 1.165) is 12.8 Å². The summed E-state index contributed by atoms with van der Waals surface area (Å²) in [7, 11) is 0. The van der Waals surface area contributed by atoms with Gasteiger partial charge in [-0.15, -0.1) is 0 Å². The molecule has 0 saturated carbocycles. The van der Waals surface area contributed by atoms with Crippen molar-refractivity contribution in [2.75, 3.05) is 0 Å². The number of benzene rings is 3. The molecule has 0 amide bonds. The summed E-state index contributed by atoms with van der Waals surface area (Å²) >= 11 is 0. The molecule has 0 N–H and O–H groups in total. The van der Waals surface area contributed by atoms with Crippen LogP contribution in [0.25, 0.3) is 11.1 Å². The van der Waals surface area contributed by atoms with Crippen LogP contribution in [0.1, 0.15) is 60.8 Å². The first kappa shape index (κ1) is 18.2. The lowest BCUT2D eigenvalue weighted by Gasteiger charge is -2.31. The highest BCUT2D eigenvalue weighted by Gasteiger charge is 2.40. The van der Waals surface area contributed by atoms with Crippen molar-refractivity contribution in [3.05, 3.63) is 119 Å². The molecule has 0 aromatic heterocycles. The molecule has 0 radical (unpaired) electrons. The molecule has 144 valence electrons. The van der Waals surface area contributed by atoms with Crippen molar-refractivity contribution in [3.63, 3.8) is 0 Å². The molecule has 3 aromatic carbocycles. The van der Waals surface area contributed by atoms with E-state index >= 15 is 0 Å². The minimum atomic E-state index is 0.137. The number of hydrogen-bond donors (Lipinski definition) is 0. The maximum Gasteiger partial charge on any atom is 0.0210 e. The molecule has 0 heteroatoms. The molecular formula is C29H28. The van der Waals surface area contributed by atoms with Gasteiger partial charge in [0.05, 0.1) is 0 Å². The fourth-order valence-corrected chi connectivity index (χ4v) is 5.61. The zero-order valence-corrected chi connectivity index (χ0v) is 17.3. The molecule has 2 aliphatic carbocycles. The summed E-state index contributed by atoms with van der Waals surface area (Å²) in [5, 5.41) is 0. The molecule has 0 heterocycles. The van der Waals surface area contributed by atoms with Gasteiger partial charge in [0.25, 0.3) is 0 Å². The maximum atomic E-state index is 2.52. The van der Waals surface area contributed by atoms with Gasteiger partial charge in [0.15, 0.2) is 0 Å². The van der Waals surface area contributed by atoms with E-state index in [2.05, 4.69) is 111 Å². The van der Waals surface area contributed by atoms with Crippen molar-refractivity contribution < 1.29 is 0 Å². The number of fused-ring (bicyclic) bond motifs is 3. The Morgan fingerprint density at radius 2 is 1.24 bits per heavy atom. The third-order valence-electron chi connectivity index (χ3n) is 7.20. The minimum Gasteiger partial charge on any atom is -0.0761 e. The van der Waals surface area contributed by atoms with Gasteiger partial charge < -0.3 is 0 Å². The summed E-state index contributed by atoms with van der Waals surface area (Å²) in [5.74, 6) is 0.767. The molecule has 0 bridgehead atoms. The van der Waals surface area contributed by atoms with Crippen LogP contribution >= 0.6 is 0 Å². The summed E-state index contributed by atoms with van der Waals surface area (Å²) in [6.45, 7) is 4.69. The molecule has 0 saturated heterocycles. The Labute approximate surface area is 174 Å². The van der Waals surface area contributed by atoms with Crippen LogP contribution in [0.5, 0.6) is 0 Å². The van der Waals surface area contributed by atoms with E-state index in [4.69, 9.17) is 0 Å². The van der Waals surface area contributed by atoms with E-state index in [1.807, 2.05) is 0 Å². The SMILES string of the molecule is CCC1(CC)c2ccccc2-c2ccc(C3C=CC=CC3c3ccccc3)cc21. The summed E-state index contributed by atoms with van der Waals surface area (Å²) in [4.78, 5) is 0. The van der Waals surface area contributed by atoms with E-state index < -0.39 is 0 Å². The van der Waals surface area contributed by atoms with Crippen LogP contribution < -0.4 is 0 Å². The van der Waals surface area contributed by atoms with Crippen molar-refractivity contribution in [1.29, 1.82) is 0 Å². The Morgan fingerprint density at radius 1 is 0.621 bits per heavy atom. The molecule has 0 fully saturated rings. The van der Waals surface area contributed by atoms with Crippen molar-refractivity contribution in [3.8, 4) is 11.1 Å². The standard InChI is InChI=1S/C29H28/c1-3-29(4-2)27-17-11-10-16-25(27)26-19-18-22(20-28(26)29)24-15-9-8-14-23(24)21-12-6-5-7-13-21/h5-20,23-24H,3-4H2,1-2H3. The molecule has 0 nitrogen and oxygen atoms in total. The Kier molecular flexibility index (Phi) is 4.51. The average Bonchev–Trinajstić information content (AvgIpc) is 3.09. The monoisotopic (exact) mass is 376 g/mol. The first-order valence-corrected chi connectivity index (χ1v) is 10.9. The quantitative estimate of drug-likeness (QED) is 0.436. The molecule has 2 aliphatic rings. The van der Waals surface area contributed by atoms with Gasteiger partial charge in [-0.3, -0.25) is 0 Å². The van der Waals surface area contributed by atoms with Gasteiger partial charge >= 0.3 is 0 Å². The fraction of sp³-hybridized carbons (Fsp3) is 0.241. The zero-order valence-electron chi connectivity index (χ0n) is 17.3. The van der Waals surface area contributed by atoms with Gasteiger partial charge in [0.2, 0.25) is 0 Å². The predicted octanol–water partition coefficient (Wildman–Crippen LogP) is 7.77. The van der Waals surface area contributed by atoms with Crippen LogP contribution in [0.15, 0.2) is 97.1 Å². The summed E-state index contributed by atoms with van der Waals surface area (Å²) in [5.41, 5.74) is 8.84. The molecule has 3 aromatic rings. The first-order chi connectivity index (χ1) is 14.3. The zero-order chi connectivity index (χ0) is 19.8. The van der Waals surface area contributed by atoms with E-state index in [1.165, 1.54) is 33.4 Å². The number of allylic oxidation sites excluding steroid dienone is 4. The first-order valence-electron chi connectivity index (χ1n) is 10.9. The van der Waals surface area contributed by atoms with Crippen LogP contribution in [-0.4, -0.2) is 0 Å². The number of rotatable bonds is 4. The third-order valence-corrected chi connectivity index (χ3v) is 7.20. The lowest BCUT2D eigenvalue weighted by molar-refractivity contribution is 0.489. The van der Waals surface area contributed by atoms with Crippen molar-refractivity contribution >= 4 is 0 Å². The highest BCUT2D eigenvalue weighted by atomic mass is 14.4. The lowest BCUT2D eigenvalue weighted by atomic mass is 9.72. The van der Waals surface area contributed by atoms with E-state index in [1.54, 1.807) is 0 Å². The topological polar surface area (TPSA) is 0 Å². The molecule has 29 heavy (non-hydrogen) atoms. The Balaban J connectivity index is 1.64. The highest BCUT2D eigenvalue weighted by Crippen LogP contribution is 2.53. The predicted molar refractivity (Wildman–Crippen MR) is 123 cm³/mol. The van der Waals surface area contributed by atoms with Crippen molar-refractivity contribution in [1.82, 2.24) is 0 Å². The van der Waals surface area contributed by atoms with Crippen LogP contribution in [0.4, 0.5) is 0 Å². The fourth-order valence-electron chi connectivity index (χ4n) is 5.61. The van der Waals surface area contributed by atoms with E-state index in [0.29, 0.717) is 11.8 Å². The minimum absolute atomic E-state index is 0.137. The van der Waals surface area contributed by atoms with Gasteiger partial charge in [-0.1, -0.05) is 111 Å². The molecule has 2 atom stereocenters. The van der Waals surface area contributed by atoms with Crippen molar-refractivity contribution in [2.45, 2.75) is 43.9 Å². The lowest BCUT2D eigenvalue weighted by Crippen LogP contribution is -2.23. The average molecular weight is 377 g/mol. The Hall–Kier alpha value is -2.86. The smallest absolute Gasteiger partial charge is 0.0210 e. The second-order valence-electron chi connectivity index (χ2n) is 8.37. The van der Waals surface area contributed by atoms with Crippen LogP contribution in [0, 0.1) is 0 Å². The van der Waals surface area contributed by atoms with Gasteiger partial charge in [-0.25, -0.2) is 0 Å². The second kappa shape index (κ2) is 7.19. The molecular weight excluding hydrogens is 348 g/mol. The molecule has 0 aliphatic heterocycles. The Bertz CT molecular complexity index is 1080. The van der Waals surface area contributed by atoms with Crippen LogP contribution in [-0.2, 0) is 5.41 Å². The number of hydrogen-bond acceptors (Lipinski definition) is 0. The van der Waals surface area contributed by atoms with E-state index in [9.17, 15) is 0 Å². The van der Waals surface area contributed by atoms with Gasteiger partial charge in [0, 0.05) is 17.3 Å². The second-order valence-corrected chi connectivity index (χ2v) is 8.37. The maximum absolute atomic E-state index is 2.52. The van der Waals surface area contributed by atoms with Gasteiger partial charge in [-0.05, 0) is 46.2 Å². The highest BCUT2D eigenvalue weighted by molar-refractivity contribution is 5.81. The summed E-state index contributed by atoms with van der Waals surface area (Å²) in [6.07, 6.45) is 11.4. The Morgan fingerprint density at radius 3 is 1.97 bits per heavy atom. The molecule has 5 rings (SSSR count). The largest absolute Gasteiger partial charge is 0.0761 e. The molecule has 2 unspecified atom stereocenters. The van der Waals surface area contributed by atoms with Crippen LogP contribution in [0.3, 0.4) is 0 Å². The van der Waals surface area contributed by atoms with E-state index in [-0.39, 0.29) is 5.41 Å². The normalized spacial score (nSPS) is 21.0.